The summed E-state index contributed by atoms with van der Waals surface area (Å²) in [7, 11) is 3.65. The van der Waals surface area contributed by atoms with Crippen LogP contribution >= 0.6 is 8.88 Å². The number of hydrogen-bond donors (Lipinski definition) is 0. The van der Waals surface area contributed by atoms with E-state index in [9.17, 15) is 0 Å². The van der Waals surface area contributed by atoms with E-state index in [1.807, 2.05) is 0 Å². The third kappa shape index (κ3) is 3.99. The predicted molar refractivity (Wildman–Crippen MR) is 113 cm³/mol. The Labute approximate surface area is 164 Å². The van der Waals surface area contributed by atoms with Crippen molar-refractivity contribution in [2.75, 3.05) is 14.2 Å². The van der Waals surface area contributed by atoms with Crippen molar-refractivity contribution in [3.05, 3.63) is 59.7 Å². The van der Waals surface area contributed by atoms with Crippen molar-refractivity contribution >= 4 is 8.88 Å². The van der Waals surface area contributed by atoms with Gasteiger partial charge in [-0.2, -0.15) is 9.34 Å². The Morgan fingerprint density at radius 2 is 1.22 bits per heavy atom. The minimum absolute atomic E-state index is 0.111. The van der Waals surface area contributed by atoms with Crippen LogP contribution in [0.25, 0.3) is 0 Å². The summed E-state index contributed by atoms with van der Waals surface area (Å²) in [5.41, 5.74) is 2.60. The second-order valence-electron chi connectivity index (χ2n) is 7.50. The lowest BCUT2D eigenvalue weighted by Gasteiger charge is -2.28. The Kier molecular flexibility index (Phi) is 5.97. The van der Waals surface area contributed by atoms with Crippen molar-refractivity contribution < 1.29 is 9.47 Å². The highest BCUT2D eigenvalue weighted by molar-refractivity contribution is 7.32. The molecule has 1 aliphatic heterocycles. The van der Waals surface area contributed by atoms with Crippen molar-refractivity contribution in [2.24, 2.45) is 0 Å². The number of fused-ring (bicyclic) bond motifs is 1. The highest BCUT2D eigenvalue weighted by Crippen LogP contribution is 2.47. The van der Waals surface area contributed by atoms with Gasteiger partial charge < -0.3 is 9.47 Å². The normalized spacial score (nSPS) is 23.2. The summed E-state index contributed by atoms with van der Waals surface area (Å²) in [5, 5.41) is 0. The van der Waals surface area contributed by atoms with Crippen molar-refractivity contribution in [3.63, 3.8) is 0 Å². The maximum absolute atomic E-state index is 5.60. The molecule has 0 bridgehead atoms. The summed E-state index contributed by atoms with van der Waals surface area (Å²) < 4.78 is 16.7. The van der Waals surface area contributed by atoms with Gasteiger partial charge in [-0.05, 0) is 25.0 Å². The van der Waals surface area contributed by atoms with E-state index in [1.54, 1.807) is 14.2 Å². The lowest BCUT2D eigenvalue weighted by atomic mass is 9.90. The quantitative estimate of drug-likeness (QED) is 0.680. The van der Waals surface area contributed by atoms with Gasteiger partial charge in [-0.3, -0.25) is 0 Å². The molecule has 0 amide bonds. The molecule has 1 saturated carbocycles. The molecule has 1 saturated heterocycles. The third-order valence-corrected chi connectivity index (χ3v) is 7.66. The molecule has 2 aromatic rings. The monoisotopic (exact) mass is 385 g/mol. The topological polar surface area (TPSA) is 24.9 Å². The van der Waals surface area contributed by atoms with Crippen LogP contribution in [0.3, 0.4) is 0 Å². The molecule has 0 spiro atoms. The van der Waals surface area contributed by atoms with Crippen LogP contribution in [0, 0.1) is 0 Å². The Morgan fingerprint density at radius 3 is 1.67 bits per heavy atom. The van der Waals surface area contributed by atoms with Gasteiger partial charge in [0.2, 0.25) is 0 Å². The molecular weight excluding hydrogens is 355 g/mol. The first-order valence-electron chi connectivity index (χ1n) is 9.90. The minimum atomic E-state index is 0.111. The first kappa shape index (κ1) is 18.7. The van der Waals surface area contributed by atoms with E-state index in [1.165, 1.54) is 36.8 Å². The van der Waals surface area contributed by atoms with Crippen LogP contribution in [-0.4, -0.2) is 35.6 Å². The molecule has 1 heterocycles. The second kappa shape index (κ2) is 8.60. The van der Waals surface area contributed by atoms with E-state index in [-0.39, 0.29) is 8.88 Å². The maximum Gasteiger partial charge on any atom is 0.127 e. The molecule has 144 valence electrons. The van der Waals surface area contributed by atoms with Gasteiger partial charge in [0.15, 0.2) is 0 Å². The number of rotatable bonds is 6. The zero-order valence-corrected chi connectivity index (χ0v) is 17.5. The molecule has 5 heteroatoms. The largest absolute Gasteiger partial charge is 0.496 e. The Balaban J connectivity index is 1.54. The van der Waals surface area contributed by atoms with E-state index >= 15 is 0 Å². The fraction of sp³-hybridized carbons (Fsp3) is 0.455. The molecule has 2 fully saturated rings. The van der Waals surface area contributed by atoms with Gasteiger partial charge >= 0.3 is 0 Å². The summed E-state index contributed by atoms with van der Waals surface area (Å²) in [6.07, 6.45) is 5.33. The number of ether oxygens (including phenoxy) is 2. The van der Waals surface area contributed by atoms with Crippen molar-refractivity contribution in [1.29, 1.82) is 0 Å². The fourth-order valence-corrected chi connectivity index (χ4v) is 6.58. The van der Waals surface area contributed by atoms with Crippen LogP contribution in [-0.2, 0) is 13.1 Å². The molecule has 2 atom stereocenters. The Bertz CT molecular complexity index is 706. The average Bonchev–Trinajstić information content (AvgIpc) is 3.06. The minimum Gasteiger partial charge on any atom is -0.496 e. The molecule has 4 rings (SSSR count). The fourth-order valence-electron chi connectivity index (χ4n) is 4.60. The second-order valence-corrected chi connectivity index (χ2v) is 9.06. The number of para-hydroxylation sites is 2. The van der Waals surface area contributed by atoms with Crippen LogP contribution in [0.2, 0.25) is 0 Å². The SMILES string of the molecule is COc1ccccc1CN1[PH2+]N(Cc2ccccc2OC)[C@H]2CCCC[C@@H]21. The van der Waals surface area contributed by atoms with E-state index in [0.29, 0.717) is 12.1 Å². The first-order valence-corrected chi connectivity index (χ1v) is 10.9. The van der Waals surface area contributed by atoms with Gasteiger partial charge in [0.05, 0.1) is 39.4 Å². The molecule has 1 aliphatic carbocycles. The van der Waals surface area contributed by atoms with Crippen LogP contribution < -0.4 is 9.47 Å². The van der Waals surface area contributed by atoms with Gasteiger partial charge in [-0.15, -0.1) is 0 Å². The first-order chi connectivity index (χ1) is 13.3. The lowest BCUT2D eigenvalue weighted by Crippen LogP contribution is -2.39. The molecule has 27 heavy (non-hydrogen) atoms. The molecular formula is C22H30N2O2P+. The highest BCUT2D eigenvalue weighted by atomic mass is 31.1. The number of nitrogens with zero attached hydrogens (tertiary/aromatic N) is 2. The maximum atomic E-state index is 5.60. The van der Waals surface area contributed by atoms with E-state index in [4.69, 9.17) is 9.47 Å². The Hall–Kier alpha value is -1.61. The molecule has 0 unspecified atom stereocenters. The van der Waals surface area contributed by atoms with Gasteiger partial charge in [-0.25, -0.2) is 0 Å². The zero-order valence-electron chi connectivity index (χ0n) is 16.3. The third-order valence-electron chi connectivity index (χ3n) is 5.93. The summed E-state index contributed by atoms with van der Waals surface area (Å²) in [6.45, 7) is 1.98. The number of hydrogen-bond acceptors (Lipinski definition) is 4. The van der Waals surface area contributed by atoms with Crippen LogP contribution in [0.4, 0.5) is 0 Å². The highest BCUT2D eigenvalue weighted by Gasteiger charge is 2.46. The molecule has 0 aromatic heterocycles. The molecule has 4 nitrogen and oxygen atoms in total. The smallest absolute Gasteiger partial charge is 0.127 e. The average molecular weight is 385 g/mol. The van der Waals surface area contributed by atoms with Crippen molar-refractivity contribution in [3.8, 4) is 11.5 Å². The number of methoxy groups -OCH3 is 2. The van der Waals surface area contributed by atoms with Crippen LogP contribution in [0.5, 0.6) is 11.5 Å². The van der Waals surface area contributed by atoms with E-state index in [0.717, 1.165) is 24.6 Å². The van der Waals surface area contributed by atoms with Crippen LogP contribution in [0.15, 0.2) is 48.5 Å². The zero-order chi connectivity index (χ0) is 18.6. The van der Waals surface area contributed by atoms with Gasteiger partial charge in [-0.1, -0.05) is 49.2 Å². The molecule has 2 aliphatic rings. The summed E-state index contributed by atoms with van der Waals surface area (Å²) in [5.74, 6) is 2.01. The van der Waals surface area contributed by atoms with Gasteiger partial charge in [0.25, 0.3) is 0 Å². The molecule has 0 N–H and O–H groups in total. The standard InChI is InChI=1S/C22H29N2O2P/c1-25-21-13-7-3-9-17(21)15-23-19-11-5-6-12-20(19)24(27-23)16-18-10-4-8-14-22(18)26-2/h3-4,7-10,13-14,19-20,27H,5-6,11-12,15-16H2,1-2H3/p+1/t19-,20-/m0/s1. The van der Waals surface area contributed by atoms with Crippen LogP contribution in [0.1, 0.15) is 36.8 Å². The van der Waals surface area contributed by atoms with Crippen molar-refractivity contribution in [2.45, 2.75) is 50.9 Å². The summed E-state index contributed by atoms with van der Waals surface area (Å²) >= 11 is 0. The van der Waals surface area contributed by atoms with E-state index < -0.39 is 0 Å². The molecule has 0 radical (unpaired) electrons. The number of benzene rings is 2. The summed E-state index contributed by atoms with van der Waals surface area (Å²) in [4.78, 5) is 0. The van der Waals surface area contributed by atoms with Gasteiger partial charge in [0.1, 0.15) is 20.4 Å². The van der Waals surface area contributed by atoms with Gasteiger partial charge in [0, 0.05) is 11.1 Å². The summed E-state index contributed by atoms with van der Waals surface area (Å²) in [6, 6.07) is 18.3. The van der Waals surface area contributed by atoms with E-state index in [2.05, 4.69) is 57.9 Å². The Morgan fingerprint density at radius 1 is 0.778 bits per heavy atom. The molecule has 2 aromatic carbocycles. The van der Waals surface area contributed by atoms with Crippen molar-refractivity contribution in [1.82, 2.24) is 9.34 Å². The lowest BCUT2D eigenvalue weighted by molar-refractivity contribution is 0.196. The predicted octanol–water partition coefficient (Wildman–Crippen LogP) is 4.57.